The molecule has 2 aromatic carbocycles. The number of likely N-dealkylation sites (tertiary alicyclic amines) is 1. The van der Waals surface area contributed by atoms with Gasteiger partial charge in [0.2, 0.25) is 5.91 Å². The maximum atomic E-state index is 11.8. The molecule has 0 aromatic heterocycles. The predicted octanol–water partition coefficient (Wildman–Crippen LogP) is 3.25. The van der Waals surface area contributed by atoms with Crippen molar-refractivity contribution < 1.29 is 9.53 Å². The monoisotopic (exact) mass is 405 g/mol. The largest absolute Gasteiger partial charge is 0.373 e. The molecule has 158 valence electrons. The highest BCUT2D eigenvalue weighted by molar-refractivity contribution is 5.92. The first-order chi connectivity index (χ1) is 14.6. The van der Waals surface area contributed by atoms with Crippen LogP contribution in [-0.2, 0) is 10.3 Å². The smallest absolute Gasteiger partial charge is 0.248 e. The van der Waals surface area contributed by atoms with Gasteiger partial charge in [0.1, 0.15) is 5.60 Å². The normalized spacial score (nSPS) is 29.4. The number of methoxy groups -OCH3 is 1. The molecular formula is C25H31N3O2. The van der Waals surface area contributed by atoms with E-state index in [1.807, 2.05) is 19.2 Å². The Balaban J connectivity index is 1.36. The van der Waals surface area contributed by atoms with Gasteiger partial charge in [-0.1, -0.05) is 36.8 Å². The maximum Gasteiger partial charge on any atom is 0.248 e. The van der Waals surface area contributed by atoms with Crippen LogP contribution in [0.1, 0.15) is 35.2 Å². The van der Waals surface area contributed by atoms with Crippen molar-refractivity contribution in [1.29, 1.82) is 0 Å². The van der Waals surface area contributed by atoms with E-state index in [1.165, 1.54) is 12.1 Å². The van der Waals surface area contributed by atoms with E-state index in [9.17, 15) is 4.79 Å². The Morgan fingerprint density at radius 3 is 2.33 bits per heavy atom. The van der Waals surface area contributed by atoms with E-state index >= 15 is 0 Å². The first-order valence-electron chi connectivity index (χ1n) is 11.1. The summed E-state index contributed by atoms with van der Waals surface area (Å²) in [4.78, 5) is 16.9. The van der Waals surface area contributed by atoms with Gasteiger partial charge in [0.05, 0.1) is 0 Å². The van der Waals surface area contributed by atoms with Crippen molar-refractivity contribution in [3.05, 3.63) is 65.7 Å². The second kappa shape index (κ2) is 7.71. The van der Waals surface area contributed by atoms with E-state index in [0.717, 1.165) is 44.6 Å². The molecular weight excluding hydrogens is 374 g/mol. The number of anilines is 1. The molecule has 30 heavy (non-hydrogen) atoms. The number of primary amides is 1. The van der Waals surface area contributed by atoms with E-state index in [1.54, 1.807) is 6.07 Å². The van der Waals surface area contributed by atoms with Gasteiger partial charge in [0.25, 0.3) is 0 Å². The van der Waals surface area contributed by atoms with Crippen molar-refractivity contribution in [2.24, 2.45) is 17.6 Å². The molecule has 2 aliphatic heterocycles. The molecule has 3 aliphatic rings. The molecule has 2 saturated heterocycles. The second-order valence-electron chi connectivity index (χ2n) is 9.12. The zero-order valence-electron chi connectivity index (χ0n) is 17.7. The van der Waals surface area contributed by atoms with Gasteiger partial charge in [0.15, 0.2) is 0 Å². The number of hydrogen-bond donors (Lipinski definition) is 1. The lowest BCUT2D eigenvalue weighted by Gasteiger charge is -2.59. The maximum absolute atomic E-state index is 11.8. The minimum atomic E-state index is -0.374. The van der Waals surface area contributed by atoms with Crippen molar-refractivity contribution in [3.63, 3.8) is 0 Å². The number of ether oxygens (including phenoxy) is 1. The van der Waals surface area contributed by atoms with Crippen LogP contribution in [0.4, 0.5) is 5.69 Å². The topological polar surface area (TPSA) is 58.8 Å². The van der Waals surface area contributed by atoms with E-state index in [2.05, 4.69) is 46.2 Å². The zero-order valence-corrected chi connectivity index (χ0v) is 17.7. The van der Waals surface area contributed by atoms with E-state index < -0.39 is 0 Å². The number of nitrogens with zero attached hydrogens (tertiary/aromatic N) is 2. The Morgan fingerprint density at radius 2 is 1.70 bits per heavy atom. The number of nitrogens with two attached hydrogens (primary N) is 1. The van der Waals surface area contributed by atoms with E-state index in [0.29, 0.717) is 23.4 Å². The summed E-state index contributed by atoms with van der Waals surface area (Å²) in [7, 11) is 1.85. The van der Waals surface area contributed by atoms with Crippen molar-refractivity contribution >= 4 is 11.6 Å². The fourth-order valence-corrected chi connectivity index (χ4v) is 6.14. The summed E-state index contributed by atoms with van der Waals surface area (Å²) in [5.41, 5.74) is 8.26. The fraction of sp³-hybridized carbons (Fsp3) is 0.480. The van der Waals surface area contributed by atoms with Crippen LogP contribution < -0.4 is 10.6 Å². The summed E-state index contributed by atoms with van der Waals surface area (Å²) in [6.45, 7) is 4.30. The quantitative estimate of drug-likeness (QED) is 0.830. The second-order valence-corrected chi connectivity index (χ2v) is 9.12. The summed E-state index contributed by atoms with van der Waals surface area (Å²) in [5, 5.41) is 0. The first-order valence-corrected chi connectivity index (χ1v) is 11.1. The summed E-state index contributed by atoms with van der Waals surface area (Å²) >= 11 is 0. The zero-order chi connectivity index (χ0) is 20.7. The van der Waals surface area contributed by atoms with Crippen LogP contribution in [0.15, 0.2) is 54.6 Å². The highest BCUT2D eigenvalue weighted by atomic mass is 16.5. The Hall–Kier alpha value is -2.37. The SMILES string of the molecule is COC1(c2cccc(C(N)=O)c2)C2CCCC1CN(C1CN(c3ccccc3)C1)C2. The van der Waals surface area contributed by atoms with Crippen LogP contribution in [-0.4, -0.2) is 50.1 Å². The minimum absolute atomic E-state index is 0.316. The van der Waals surface area contributed by atoms with Gasteiger partial charge in [0, 0.05) is 62.4 Å². The molecule has 2 aromatic rings. The molecule has 2 unspecified atom stereocenters. The van der Waals surface area contributed by atoms with Crippen LogP contribution in [0.3, 0.4) is 0 Å². The number of hydrogen-bond acceptors (Lipinski definition) is 4. The number of fused-ring (bicyclic) bond motifs is 2. The molecule has 1 saturated carbocycles. The van der Waals surface area contributed by atoms with Crippen LogP contribution in [0.2, 0.25) is 0 Å². The number of amides is 1. The molecule has 2 atom stereocenters. The number of para-hydroxylation sites is 1. The third kappa shape index (κ3) is 3.12. The predicted molar refractivity (Wildman–Crippen MR) is 118 cm³/mol. The van der Waals surface area contributed by atoms with Crippen molar-refractivity contribution in [3.8, 4) is 0 Å². The van der Waals surface area contributed by atoms with Crippen LogP contribution in [0.25, 0.3) is 0 Å². The average Bonchev–Trinajstić information content (AvgIpc) is 2.73. The molecule has 5 rings (SSSR count). The molecule has 2 N–H and O–H groups in total. The lowest BCUT2D eigenvalue weighted by Crippen LogP contribution is -2.67. The van der Waals surface area contributed by atoms with Crippen molar-refractivity contribution in [2.45, 2.75) is 30.9 Å². The van der Waals surface area contributed by atoms with Gasteiger partial charge in [-0.3, -0.25) is 9.69 Å². The Bertz CT molecular complexity index is 896. The molecule has 0 spiro atoms. The summed E-state index contributed by atoms with van der Waals surface area (Å²) in [6.07, 6.45) is 3.58. The summed E-state index contributed by atoms with van der Waals surface area (Å²) in [6, 6.07) is 19.1. The number of piperidine rings is 1. The van der Waals surface area contributed by atoms with Crippen LogP contribution in [0.5, 0.6) is 0 Å². The van der Waals surface area contributed by atoms with E-state index in [4.69, 9.17) is 10.5 Å². The number of rotatable bonds is 5. The lowest BCUT2D eigenvalue weighted by molar-refractivity contribution is -0.175. The molecule has 2 bridgehead atoms. The molecule has 5 heteroatoms. The Morgan fingerprint density at radius 1 is 1.00 bits per heavy atom. The Labute approximate surface area is 178 Å². The average molecular weight is 406 g/mol. The van der Waals surface area contributed by atoms with Crippen molar-refractivity contribution in [2.75, 3.05) is 38.2 Å². The van der Waals surface area contributed by atoms with Gasteiger partial charge >= 0.3 is 0 Å². The molecule has 5 nitrogen and oxygen atoms in total. The van der Waals surface area contributed by atoms with Gasteiger partial charge in [-0.15, -0.1) is 0 Å². The molecule has 1 amide bonds. The van der Waals surface area contributed by atoms with Gasteiger partial charge in [-0.25, -0.2) is 0 Å². The highest BCUT2D eigenvalue weighted by Crippen LogP contribution is 2.52. The van der Waals surface area contributed by atoms with Crippen LogP contribution in [0, 0.1) is 11.8 Å². The number of benzene rings is 2. The van der Waals surface area contributed by atoms with Gasteiger partial charge in [-0.05, 0) is 42.7 Å². The van der Waals surface area contributed by atoms with E-state index in [-0.39, 0.29) is 11.5 Å². The summed E-state index contributed by atoms with van der Waals surface area (Å²) < 4.78 is 6.35. The van der Waals surface area contributed by atoms with Crippen LogP contribution >= 0.6 is 0 Å². The minimum Gasteiger partial charge on any atom is -0.373 e. The summed E-state index contributed by atoms with van der Waals surface area (Å²) in [5.74, 6) is 0.494. The third-order valence-corrected chi connectivity index (χ3v) is 7.66. The van der Waals surface area contributed by atoms with Crippen molar-refractivity contribution in [1.82, 2.24) is 4.90 Å². The van der Waals surface area contributed by atoms with Gasteiger partial charge < -0.3 is 15.4 Å². The molecule has 0 radical (unpaired) electrons. The number of carbonyl (C=O) groups is 1. The third-order valence-electron chi connectivity index (χ3n) is 7.66. The first kappa shape index (κ1) is 19.6. The molecule has 1 aliphatic carbocycles. The Kier molecular flexibility index (Phi) is 5.03. The standard InChI is InChI=1S/C25H31N3O2/c1-30-25(19-8-5-7-18(13-19)24(26)29)20-9-6-10-21(25)15-27(14-20)23-16-28(17-23)22-11-3-2-4-12-22/h2-5,7-8,11-13,20-21,23H,6,9-10,14-17H2,1H3,(H2,26,29). The lowest BCUT2D eigenvalue weighted by atomic mass is 9.62. The fourth-order valence-electron chi connectivity index (χ4n) is 6.14. The molecule has 3 fully saturated rings. The highest BCUT2D eigenvalue weighted by Gasteiger charge is 2.54. The number of carbonyl (C=O) groups excluding carboxylic acids is 1. The van der Waals surface area contributed by atoms with Gasteiger partial charge in [-0.2, -0.15) is 0 Å². The molecule has 2 heterocycles.